The fraction of sp³-hybridized carbons (Fsp3) is 0.472. The maximum atomic E-state index is 17.2. The molecule has 0 radical (unpaired) electrons. The molecule has 5 heterocycles. The quantitative estimate of drug-likeness (QED) is 0.287. The maximum absolute atomic E-state index is 17.2. The standard InChI is InChI=1S/C36H38FN5O2/c1-19-15-25-33(32(37)29(19)24-10-5-8-21-7-4-9-22(17-38)30(21)24)40-36(44-20(2)27-11-6-13-41(27)3)31-28(43)12-14-42(35(25)31)34-23-16-26(34)39-18-23/h5,8,10,12,14-15,20,22-23,26-27,34,39H,4,6-7,9,11,13,16,18H2,1-3H3/t20?,22?,23-,26-,27+,34+/m1/s1. The van der Waals surface area contributed by atoms with Crippen molar-refractivity contribution >= 4 is 21.8 Å². The summed E-state index contributed by atoms with van der Waals surface area (Å²) in [6.07, 6.45) is 7.45. The number of hydrogen-bond donors (Lipinski definition) is 1. The highest BCUT2D eigenvalue weighted by Gasteiger charge is 2.48. The molecule has 8 heteroatoms. The number of benzene rings is 2. The fourth-order valence-electron chi connectivity index (χ4n) is 8.79. The number of likely N-dealkylation sites (N-methyl/N-ethyl adjacent to an activating group) is 1. The first-order chi connectivity index (χ1) is 21.4. The van der Waals surface area contributed by atoms with Crippen LogP contribution in [0.5, 0.6) is 5.88 Å². The van der Waals surface area contributed by atoms with Crippen molar-refractivity contribution in [3.63, 3.8) is 0 Å². The Morgan fingerprint density at radius 3 is 2.82 bits per heavy atom. The molecule has 1 saturated carbocycles. The molecular weight excluding hydrogens is 553 g/mol. The van der Waals surface area contributed by atoms with Crippen LogP contribution < -0.4 is 15.5 Å². The van der Waals surface area contributed by atoms with Crippen molar-refractivity contribution in [2.24, 2.45) is 5.92 Å². The van der Waals surface area contributed by atoms with Crippen LogP contribution in [-0.2, 0) is 6.42 Å². The van der Waals surface area contributed by atoms with E-state index in [2.05, 4.69) is 34.0 Å². The number of hydrogen-bond acceptors (Lipinski definition) is 6. The van der Waals surface area contributed by atoms with Crippen molar-refractivity contribution in [2.45, 2.75) is 82.5 Å². The number of rotatable bonds is 5. The number of halogens is 1. The second-order valence-electron chi connectivity index (χ2n) is 13.5. The Balaban J connectivity index is 1.40. The van der Waals surface area contributed by atoms with Gasteiger partial charge in [-0.15, -0.1) is 0 Å². The molecule has 6 atom stereocenters. The molecule has 5 aliphatic rings. The van der Waals surface area contributed by atoms with Crippen molar-refractivity contribution in [2.75, 3.05) is 20.1 Å². The number of pyridine rings is 2. The summed E-state index contributed by atoms with van der Waals surface area (Å²) in [7, 11) is 2.10. The Hall–Kier alpha value is -3.80. The van der Waals surface area contributed by atoms with E-state index in [1.165, 1.54) is 0 Å². The molecule has 44 heavy (non-hydrogen) atoms. The van der Waals surface area contributed by atoms with Crippen LogP contribution in [0.3, 0.4) is 0 Å². The number of nitrogens with one attached hydrogen (secondary N) is 1. The smallest absolute Gasteiger partial charge is 0.227 e. The highest BCUT2D eigenvalue weighted by Crippen LogP contribution is 2.47. The lowest BCUT2D eigenvalue weighted by molar-refractivity contribution is 0.119. The normalized spacial score (nSPS) is 26.8. The summed E-state index contributed by atoms with van der Waals surface area (Å²) in [5.41, 5.74) is 4.81. The molecule has 2 aromatic heterocycles. The second kappa shape index (κ2) is 10.4. The lowest BCUT2D eigenvalue weighted by Crippen LogP contribution is -2.39. The molecule has 2 unspecified atom stereocenters. The van der Waals surface area contributed by atoms with Crippen molar-refractivity contribution < 1.29 is 9.13 Å². The van der Waals surface area contributed by atoms with Gasteiger partial charge >= 0.3 is 0 Å². The van der Waals surface area contributed by atoms with Gasteiger partial charge in [-0.3, -0.25) is 9.69 Å². The number of ether oxygens (including phenoxy) is 1. The van der Waals surface area contributed by atoms with Crippen molar-refractivity contribution in [1.29, 1.82) is 5.26 Å². The zero-order valence-electron chi connectivity index (χ0n) is 25.6. The summed E-state index contributed by atoms with van der Waals surface area (Å²) in [5, 5.41) is 14.7. The monoisotopic (exact) mass is 591 g/mol. The Bertz CT molecular complexity index is 1910. The molecule has 7 nitrogen and oxygen atoms in total. The van der Waals surface area contributed by atoms with Gasteiger partial charge in [-0.1, -0.05) is 18.2 Å². The van der Waals surface area contributed by atoms with E-state index >= 15 is 4.39 Å². The lowest BCUT2D eigenvalue weighted by Gasteiger charge is -2.37. The summed E-state index contributed by atoms with van der Waals surface area (Å²) >= 11 is 0. The fourth-order valence-corrected chi connectivity index (χ4v) is 8.79. The van der Waals surface area contributed by atoms with E-state index in [0.717, 1.165) is 73.9 Å². The van der Waals surface area contributed by atoms with Gasteiger partial charge in [0.1, 0.15) is 17.0 Å². The van der Waals surface area contributed by atoms with Crippen molar-refractivity contribution in [3.05, 3.63) is 69.3 Å². The van der Waals surface area contributed by atoms with Gasteiger partial charge in [0.25, 0.3) is 0 Å². The molecule has 3 saturated heterocycles. The Kier molecular flexibility index (Phi) is 6.55. The minimum atomic E-state index is -0.425. The molecule has 3 aliphatic heterocycles. The first-order valence-electron chi connectivity index (χ1n) is 16.2. The molecule has 0 spiro atoms. The molecule has 2 bridgehead atoms. The van der Waals surface area contributed by atoms with E-state index in [1.54, 1.807) is 6.07 Å². The van der Waals surface area contributed by atoms with Crippen LogP contribution in [0.4, 0.5) is 4.39 Å². The SMILES string of the molecule is Cc1cc2c(nc(OC(C)[C@@H]3CCCN3C)c3c(=O)ccn([C@H]4[C@H]5CN[C@@H]4C5)c32)c(F)c1-c1cccc2c1C(C#N)CCC2. The van der Waals surface area contributed by atoms with Gasteiger partial charge < -0.3 is 14.6 Å². The minimum Gasteiger partial charge on any atom is -0.472 e. The van der Waals surface area contributed by atoms with E-state index in [9.17, 15) is 10.1 Å². The molecule has 4 aromatic rings. The Labute approximate surface area is 256 Å². The highest BCUT2D eigenvalue weighted by molar-refractivity contribution is 6.07. The van der Waals surface area contributed by atoms with E-state index < -0.39 is 5.82 Å². The van der Waals surface area contributed by atoms with Gasteiger partial charge in [0, 0.05) is 41.8 Å². The summed E-state index contributed by atoms with van der Waals surface area (Å²) in [6.45, 7) is 5.89. The first kappa shape index (κ1) is 27.7. The third kappa shape index (κ3) is 4.05. The van der Waals surface area contributed by atoms with Crippen LogP contribution in [-0.4, -0.2) is 52.8 Å². The lowest BCUT2D eigenvalue weighted by atomic mass is 9.78. The van der Waals surface area contributed by atoms with Crippen LogP contribution in [0, 0.1) is 30.0 Å². The summed E-state index contributed by atoms with van der Waals surface area (Å²) in [5.74, 6) is -0.0270. The van der Waals surface area contributed by atoms with Gasteiger partial charge in [0.15, 0.2) is 11.2 Å². The van der Waals surface area contributed by atoms with E-state index in [1.807, 2.05) is 38.2 Å². The van der Waals surface area contributed by atoms with Crippen LogP contribution in [0.2, 0.25) is 0 Å². The van der Waals surface area contributed by atoms with E-state index in [0.29, 0.717) is 33.8 Å². The zero-order valence-corrected chi connectivity index (χ0v) is 25.6. The second-order valence-corrected chi connectivity index (χ2v) is 13.5. The molecule has 226 valence electrons. The molecule has 9 rings (SSSR count). The van der Waals surface area contributed by atoms with E-state index in [4.69, 9.17) is 9.72 Å². The largest absolute Gasteiger partial charge is 0.472 e. The minimum absolute atomic E-state index is 0.164. The average molecular weight is 592 g/mol. The van der Waals surface area contributed by atoms with Gasteiger partial charge in [-0.2, -0.15) is 5.26 Å². The third-order valence-corrected chi connectivity index (χ3v) is 11.0. The van der Waals surface area contributed by atoms with Gasteiger partial charge in [0.2, 0.25) is 5.88 Å². The highest BCUT2D eigenvalue weighted by atomic mass is 19.1. The summed E-state index contributed by atoms with van der Waals surface area (Å²) in [4.78, 5) is 20.8. The molecule has 2 aliphatic carbocycles. The average Bonchev–Trinajstić information content (AvgIpc) is 3.77. The van der Waals surface area contributed by atoms with Gasteiger partial charge in [-0.05, 0) is 100 Å². The predicted octanol–water partition coefficient (Wildman–Crippen LogP) is 6.00. The number of nitriles is 1. The van der Waals surface area contributed by atoms with Crippen LogP contribution >= 0.6 is 0 Å². The molecular formula is C36H38FN5O2. The number of nitrogens with zero attached hydrogens (tertiary/aromatic N) is 4. The topological polar surface area (TPSA) is 83.2 Å². The molecule has 1 N–H and O–H groups in total. The molecule has 2 aromatic carbocycles. The van der Waals surface area contributed by atoms with Crippen LogP contribution in [0.15, 0.2) is 41.3 Å². The molecule has 0 amide bonds. The third-order valence-electron chi connectivity index (χ3n) is 11.0. The summed E-state index contributed by atoms with van der Waals surface area (Å²) < 4.78 is 26.0. The Morgan fingerprint density at radius 1 is 1.23 bits per heavy atom. The van der Waals surface area contributed by atoms with Gasteiger partial charge in [0.05, 0.1) is 23.5 Å². The first-order valence-corrected chi connectivity index (χ1v) is 16.2. The number of fused-ring (bicyclic) bond motifs is 5. The van der Waals surface area contributed by atoms with Crippen LogP contribution in [0.1, 0.15) is 67.7 Å². The molecule has 4 fully saturated rings. The maximum Gasteiger partial charge on any atom is 0.227 e. The number of aryl methyl sites for hydroxylation is 2. The Morgan fingerprint density at radius 2 is 2.09 bits per heavy atom. The van der Waals surface area contributed by atoms with Gasteiger partial charge in [-0.25, -0.2) is 9.37 Å². The van der Waals surface area contributed by atoms with Crippen molar-refractivity contribution in [3.8, 4) is 23.1 Å². The zero-order chi connectivity index (χ0) is 30.3. The summed E-state index contributed by atoms with van der Waals surface area (Å²) in [6, 6.07) is 12.8. The number of aromatic nitrogens is 2. The van der Waals surface area contributed by atoms with Crippen LogP contribution in [0.25, 0.3) is 32.9 Å². The van der Waals surface area contributed by atoms with E-state index in [-0.39, 0.29) is 40.9 Å². The predicted molar refractivity (Wildman–Crippen MR) is 170 cm³/mol. The van der Waals surface area contributed by atoms with Crippen molar-refractivity contribution in [1.82, 2.24) is 19.8 Å². The number of likely N-dealkylation sites (tertiary alicyclic amines) is 1.